The Labute approximate surface area is 178 Å². The lowest BCUT2D eigenvalue weighted by atomic mass is 10.1. The summed E-state index contributed by atoms with van der Waals surface area (Å²) in [6.07, 6.45) is -0.722. The number of anilines is 1. The first kappa shape index (κ1) is 22.6. The molecular weight excluding hydrogens is 409 g/mol. The number of carbonyl (C=O) groups excluding carboxylic acids is 1. The molecule has 1 saturated heterocycles. The zero-order valence-corrected chi connectivity index (χ0v) is 17.0. The van der Waals surface area contributed by atoms with Crippen LogP contribution in [0.3, 0.4) is 0 Å². The second-order valence-corrected chi connectivity index (χ2v) is 7.41. The minimum Gasteiger partial charge on any atom is -0.384 e. The summed E-state index contributed by atoms with van der Waals surface area (Å²) in [5, 5.41) is 6.22. The molecule has 0 radical (unpaired) electrons. The second-order valence-electron chi connectivity index (χ2n) is 7.41. The van der Waals surface area contributed by atoms with Gasteiger partial charge in [0.15, 0.2) is 12.4 Å². The van der Waals surface area contributed by atoms with Crippen molar-refractivity contribution >= 4 is 17.4 Å². The summed E-state index contributed by atoms with van der Waals surface area (Å²) in [6, 6.07) is 11.8. The van der Waals surface area contributed by atoms with E-state index in [-0.39, 0.29) is 11.5 Å². The molecule has 2 aromatic carbocycles. The van der Waals surface area contributed by atoms with Crippen LogP contribution in [0.1, 0.15) is 36.0 Å². The molecule has 3 rings (SSSR count). The maximum Gasteiger partial charge on any atom is 0.416 e. The molecule has 166 valence electrons. The average molecular weight is 434 g/mol. The zero-order valence-electron chi connectivity index (χ0n) is 17.0. The van der Waals surface area contributed by atoms with Crippen LogP contribution in [0.25, 0.3) is 0 Å². The molecule has 3 N–H and O–H groups in total. The summed E-state index contributed by atoms with van der Waals surface area (Å²) < 4.78 is 37.7. The Kier molecular flexibility index (Phi) is 7.51. The number of hydrogen-bond donors (Lipinski definition) is 2. The quantitative estimate of drug-likeness (QED) is 0.393. The molecule has 0 aromatic heterocycles. The number of amidine groups is 1. The van der Waals surface area contributed by atoms with Crippen LogP contribution >= 0.6 is 0 Å². The van der Waals surface area contributed by atoms with E-state index in [1.54, 1.807) is 0 Å². The van der Waals surface area contributed by atoms with Crippen LogP contribution in [-0.4, -0.2) is 36.3 Å². The fourth-order valence-corrected chi connectivity index (χ4v) is 3.36. The Bertz CT molecular complexity index is 908. The number of rotatable bonds is 7. The smallest absolute Gasteiger partial charge is 0.384 e. The van der Waals surface area contributed by atoms with Crippen molar-refractivity contribution in [3.8, 4) is 0 Å². The predicted octanol–water partition coefficient (Wildman–Crippen LogP) is 3.97. The van der Waals surface area contributed by atoms with Crippen LogP contribution < -0.4 is 11.1 Å². The van der Waals surface area contributed by atoms with Gasteiger partial charge in [-0.15, -0.1) is 0 Å². The lowest BCUT2D eigenvalue weighted by Crippen LogP contribution is -2.29. The van der Waals surface area contributed by atoms with E-state index < -0.39 is 24.3 Å². The highest BCUT2D eigenvalue weighted by molar-refractivity contribution is 5.97. The van der Waals surface area contributed by atoms with Crippen LogP contribution in [0.4, 0.5) is 18.9 Å². The molecule has 0 atom stereocenters. The highest BCUT2D eigenvalue weighted by Gasteiger charge is 2.30. The highest BCUT2D eigenvalue weighted by Crippen LogP contribution is 2.29. The van der Waals surface area contributed by atoms with Crippen LogP contribution in [0, 0.1) is 0 Å². The van der Waals surface area contributed by atoms with Gasteiger partial charge in [0.1, 0.15) is 0 Å². The van der Waals surface area contributed by atoms with Gasteiger partial charge >= 0.3 is 6.18 Å². The normalized spacial score (nSPS) is 15.5. The standard InChI is InChI=1S/C22H25F3N4O2/c23-22(24,25)18-7-9-19(10-8-18)27-20(30)15-31-28-21(26)17-6-4-5-16(13-17)14-29-11-2-1-3-12-29/h4-10,13H,1-3,11-12,14-15H2,(H2,26,28)(H,27,30). The van der Waals surface area contributed by atoms with Gasteiger partial charge in [0.25, 0.3) is 5.91 Å². The molecule has 1 amide bonds. The molecular formula is C22H25F3N4O2. The summed E-state index contributed by atoms with van der Waals surface area (Å²) >= 11 is 0. The van der Waals surface area contributed by atoms with Crippen molar-refractivity contribution in [2.75, 3.05) is 25.0 Å². The number of likely N-dealkylation sites (tertiary alicyclic amines) is 1. The number of nitrogens with one attached hydrogen (secondary N) is 1. The molecule has 0 bridgehead atoms. The number of nitrogens with zero attached hydrogens (tertiary/aromatic N) is 2. The predicted molar refractivity (Wildman–Crippen MR) is 112 cm³/mol. The molecule has 2 aromatic rings. The largest absolute Gasteiger partial charge is 0.416 e. The maximum atomic E-state index is 12.6. The molecule has 0 unspecified atom stereocenters. The number of piperidine rings is 1. The highest BCUT2D eigenvalue weighted by atomic mass is 19.4. The number of hydrogen-bond acceptors (Lipinski definition) is 4. The molecule has 0 spiro atoms. The van der Waals surface area contributed by atoms with Crippen LogP contribution in [0.15, 0.2) is 53.7 Å². The third-order valence-electron chi connectivity index (χ3n) is 4.93. The summed E-state index contributed by atoms with van der Waals surface area (Å²) in [4.78, 5) is 19.3. The number of halogens is 3. The minimum absolute atomic E-state index is 0.142. The lowest BCUT2D eigenvalue weighted by Gasteiger charge is -2.26. The molecule has 6 nitrogen and oxygen atoms in total. The van der Waals surface area contributed by atoms with Crippen LogP contribution in [0.2, 0.25) is 0 Å². The van der Waals surface area contributed by atoms with Gasteiger partial charge in [-0.05, 0) is 61.8 Å². The van der Waals surface area contributed by atoms with E-state index in [1.807, 2.05) is 24.3 Å². The second kappa shape index (κ2) is 10.3. The Morgan fingerprint density at radius 3 is 2.48 bits per heavy atom. The lowest BCUT2D eigenvalue weighted by molar-refractivity contribution is -0.137. The van der Waals surface area contributed by atoms with Crippen molar-refractivity contribution in [3.05, 3.63) is 65.2 Å². The Morgan fingerprint density at radius 1 is 1.10 bits per heavy atom. The molecule has 0 aliphatic carbocycles. The van der Waals surface area contributed by atoms with Gasteiger partial charge in [-0.3, -0.25) is 9.69 Å². The van der Waals surface area contributed by atoms with E-state index in [4.69, 9.17) is 10.6 Å². The number of oxime groups is 1. The van der Waals surface area contributed by atoms with Crippen molar-refractivity contribution in [3.63, 3.8) is 0 Å². The van der Waals surface area contributed by atoms with Gasteiger partial charge in [-0.2, -0.15) is 13.2 Å². The Balaban J connectivity index is 1.49. The van der Waals surface area contributed by atoms with E-state index in [1.165, 1.54) is 31.4 Å². The number of carbonyl (C=O) groups is 1. The SMILES string of the molecule is N/C(=N\OCC(=O)Nc1ccc(C(F)(F)F)cc1)c1cccc(CN2CCCCC2)c1. The summed E-state index contributed by atoms with van der Waals surface area (Å²) in [7, 11) is 0. The average Bonchev–Trinajstić information content (AvgIpc) is 2.74. The molecule has 9 heteroatoms. The first-order valence-corrected chi connectivity index (χ1v) is 10.1. The Hall–Kier alpha value is -3.07. The molecule has 0 saturated carbocycles. The fraction of sp³-hybridized carbons (Fsp3) is 0.364. The molecule has 1 aliphatic rings. The number of alkyl halides is 3. The van der Waals surface area contributed by atoms with Gasteiger partial charge in [-0.1, -0.05) is 29.8 Å². The topological polar surface area (TPSA) is 80.0 Å². The maximum absolute atomic E-state index is 12.6. The number of amides is 1. The summed E-state index contributed by atoms with van der Waals surface area (Å²) in [5.41, 5.74) is 7.22. The van der Waals surface area contributed by atoms with Gasteiger partial charge < -0.3 is 15.9 Å². The molecule has 31 heavy (non-hydrogen) atoms. The van der Waals surface area contributed by atoms with Crippen LogP contribution in [-0.2, 0) is 22.4 Å². The third-order valence-corrected chi connectivity index (χ3v) is 4.93. The molecule has 1 fully saturated rings. The monoisotopic (exact) mass is 434 g/mol. The van der Waals surface area contributed by atoms with Crippen molar-refractivity contribution < 1.29 is 22.8 Å². The van der Waals surface area contributed by atoms with Gasteiger partial charge in [-0.25, -0.2) is 0 Å². The summed E-state index contributed by atoms with van der Waals surface area (Å²) in [5.74, 6) is -0.419. The van der Waals surface area contributed by atoms with E-state index in [9.17, 15) is 18.0 Å². The number of benzene rings is 2. The Morgan fingerprint density at radius 2 is 1.81 bits per heavy atom. The molecule has 1 aliphatic heterocycles. The van der Waals surface area contributed by atoms with Crippen molar-refractivity contribution in [2.24, 2.45) is 10.9 Å². The zero-order chi connectivity index (χ0) is 22.3. The summed E-state index contributed by atoms with van der Waals surface area (Å²) in [6.45, 7) is 2.60. The minimum atomic E-state index is -4.43. The first-order chi connectivity index (χ1) is 14.8. The van der Waals surface area contributed by atoms with Crippen molar-refractivity contribution in [1.29, 1.82) is 0 Å². The van der Waals surface area contributed by atoms with Crippen molar-refractivity contribution in [1.82, 2.24) is 4.90 Å². The van der Waals surface area contributed by atoms with E-state index >= 15 is 0 Å². The van der Waals surface area contributed by atoms with Gasteiger partial charge in [0.05, 0.1) is 5.56 Å². The first-order valence-electron chi connectivity index (χ1n) is 10.1. The fourth-order valence-electron chi connectivity index (χ4n) is 3.36. The van der Waals surface area contributed by atoms with Gasteiger partial charge in [0, 0.05) is 17.8 Å². The van der Waals surface area contributed by atoms with Crippen molar-refractivity contribution in [2.45, 2.75) is 32.0 Å². The molecule has 1 heterocycles. The van der Waals surface area contributed by atoms with E-state index in [0.717, 1.165) is 37.3 Å². The van der Waals surface area contributed by atoms with Crippen LogP contribution in [0.5, 0.6) is 0 Å². The van der Waals surface area contributed by atoms with Gasteiger partial charge in [0.2, 0.25) is 0 Å². The van der Waals surface area contributed by atoms with E-state index in [2.05, 4.69) is 15.4 Å². The third kappa shape index (κ3) is 6.99. The van der Waals surface area contributed by atoms with E-state index in [0.29, 0.717) is 5.56 Å². The number of nitrogens with two attached hydrogens (primary N) is 1.